The lowest BCUT2D eigenvalue weighted by Gasteiger charge is -2.32. The Hall–Kier alpha value is -3.87. The Morgan fingerprint density at radius 1 is 0.894 bits per heavy atom. The number of methoxy groups -OCH3 is 4. The number of benzene rings is 2. The van der Waals surface area contributed by atoms with Gasteiger partial charge in [0.25, 0.3) is 0 Å². The number of nitrogens with two attached hydrogens (primary N) is 1. The highest BCUT2D eigenvalue weighted by Crippen LogP contribution is 2.41. The van der Waals surface area contributed by atoms with E-state index in [0.717, 1.165) is 10.5 Å². The molecule has 0 aromatic heterocycles. The van der Waals surface area contributed by atoms with E-state index in [9.17, 15) is 19.5 Å². The maximum absolute atomic E-state index is 14.4. The maximum atomic E-state index is 14.4. The van der Waals surface area contributed by atoms with Gasteiger partial charge in [0.1, 0.15) is 5.60 Å². The van der Waals surface area contributed by atoms with Crippen LogP contribution in [0.3, 0.4) is 0 Å². The summed E-state index contributed by atoms with van der Waals surface area (Å²) in [5, 5.41) is 14.6. The van der Waals surface area contributed by atoms with Gasteiger partial charge < -0.3 is 39.8 Å². The summed E-state index contributed by atoms with van der Waals surface area (Å²) in [4.78, 5) is 42.0. The van der Waals surface area contributed by atoms with Gasteiger partial charge in [-0.15, -0.1) is 0 Å². The Morgan fingerprint density at radius 2 is 1.53 bits per heavy atom. The topological polar surface area (TPSA) is 159 Å². The van der Waals surface area contributed by atoms with E-state index in [0.29, 0.717) is 22.8 Å². The summed E-state index contributed by atoms with van der Waals surface area (Å²) in [6.07, 6.45) is -1.76. The minimum Gasteiger partial charge on any atom is -0.493 e. The zero-order valence-corrected chi connectivity index (χ0v) is 29.2. The molecule has 0 aliphatic carbocycles. The van der Waals surface area contributed by atoms with Crippen LogP contribution in [0.25, 0.3) is 0 Å². The van der Waals surface area contributed by atoms with Crippen LogP contribution >= 0.6 is 0 Å². The van der Waals surface area contributed by atoms with E-state index < -0.39 is 47.6 Å². The summed E-state index contributed by atoms with van der Waals surface area (Å²) >= 11 is 0. The number of alkyl carbamates (subject to hydrolysis) is 1. The predicted molar refractivity (Wildman–Crippen MR) is 179 cm³/mol. The summed E-state index contributed by atoms with van der Waals surface area (Å²) in [6.45, 7) is 8.89. The van der Waals surface area contributed by atoms with Crippen molar-refractivity contribution in [3.8, 4) is 17.2 Å². The fourth-order valence-electron chi connectivity index (χ4n) is 5.12. The van der Waals surface area contributed by atoms with Gasteiger partial charge in [0.2, 0.25) is 17.6 Å². The average molecular weight is 660 g/mol. The van der Waals surface area contributed by atoms with Crippen molar-refractivity contribution in [1.82, 2.24) is 10.2 Å². The lowest BCUT2D eigenvalue weighted by molar-refractivity contribution is -0.150. The molecule has 2 rings (SSSR count). The predicted octanol–water partition coefficient (Wildman–Crippen LogP) is 3.74. The fraction of sp³-hybridized carbons (Fsp3) is 0.571. The number of ether oxygens (including phenoxy) is 5. The second kappa shape index (κ2) is 18.5. The summed E-state index contributed by atoms with van der Waals surface area (Å²) in [5.41, 5.74) is 6.91. The number of carbonyl (C=O) groups excluding carboxylic acids is 3. The molecular weight excluding hydrogens is 606 g/mol. The van der Waals surface area contributed by atoms with Crippen molar-refractivity contribution >= 4 is 17.9 Å². The van der Waals surface area contributed by atoms with E-state index in [1.165, 1.54) is 28.4 Å². The fourth-order valence-corrected chi connectivity index (χ4v) is 5.12. The molecule has 0 spiro atoms. The first-order valence-electron chi connectivity index (χ1n) is 15.8. The zero-order valence-electron chi connectivity index (χ0n) is 29.2. The van der Waals surface area contributed by atoms with Gasteiger partial charge >= 0.3 is 6.09 Å². The lowest BCUT2D eigenvalue weighted by atomic mass is 9.87. The zero-order chi connectivity index (χ0) is 35.3. The van der Waals surface area contributed by atoms with E-state index in [4.69, 9.17) is 29.4 Å². The largest absolute Gasteiger partial charge is 0.493 e. The number of carbonyl (C=O) groups is 3. The van der Waals surface area contributed by atoms with Crippen LogP contribution < -0.4 is 25.3 Å². The lowest BCUT2D eigenvalue weighted by Crippen LogP contribution is -2.53. The van der Waals surface area contributed by atoms with Gasteiger partial charge in [-0.1, -0.05) is 50.2 Å². The molecule has 3 amide bonds. The highest BCUT2D eigenvalue weighted by Gasteiger charge is 2.36. The molecule has 12 nitrogen and oxygen atoms in total. The third kappa shape index (κ3) is 11.7. The molecule has 0 heterocycles. The Kier molecular flexibility index (Phi) is 15.4. The van der Waals surface area contributed by atoms with Crippen molar-refractivity contribution in [2.75, 3.05) is 41.6 Å². The number of hydrogen-bond donors (Lipinski definition) is 3. The van der Waals surface area contributed by atoms with E-state index in [2.05, 4.69) is 5.32 Å². The van der Waals surface area contributed by atoms with Gasteiger partial charge in [-0.3, -0.25) is 14.5 Å². The number of nitrogens with one attached hydrogen (secondary N) is 1. The Bertz CT molecular complexity index is 1300. The van der Waals surface area contributed by atoms with Crippen molar-refractivity contribution in [3.05, 3.63) is 53.6 Å². The SMILES string of the molecule is COCCN(C(=O)C(N)C(C)C)C(=O)[C@H](Cc1ccc(OC)c(OC)c1OC)C[C@H](O)[C@H](Cc1ccccc1)NC(=O)OC(C)(C)C. The first-order chi connectivity index (χ1) is 22.2. The van der Waals surface area contributed by atoms with E-state index >= 15 is 0 Å². The van der Waals surface area contributed by atoms with Crippen LogP contribution in [0, 0.1) is 11.8 Å². The van der Waals surface area contributed by atoms with Gasteiger partial charge in [-0.25, -0.2) is 4.79 Å². The quantitative estimate of drug-likeness (QED) is 0.228. The molecule has 2 aromatic rings. The Balaban J connectivity index is 2.61. The summed E-state index contributed by atoms with van der Waals surface area (Å²) < 4.78 is 27.4. The van der Waals surface area contributed by atoms with Gasteiger partial charge in [0.05, 0.1) is 52.7 Å². The Morgan fingerprint density at radius 3 is 2.06 bits per heavy atom. The summed E-state index contributed by atoms with van der Waals surface area (Å²) in [6, 6.07) is 11.0. The number of amides is 3. The van der Waals surface area contributed by atoms with E-state index in [-0.39, 0.29) is 38.3 Å². The third-order valence-corrected chi connectivity index (χ3v) is 7.65. The second-order valence-corrected chi connectivity index (χ2v) is 12.7. The van der Waals surface area contributed by atoms with E-state index in [1.54, 1.807) is 46.8 Å². The summed E-state index contributed by atoms with van der Waals surface area (Å²) in [5.74, 6) is -1.18. The molecular formula is C35H53N3O9. The van der Waals surface area contributed by atoms with Crippen LogP contribution in [0.1, 0.15) is 52.2 Å². The second-order valence-electron chi connectivity index (χ2n) is 12.7. The van der Waals surface area contributed by atoms with Crippen LogP contribution in [0.15, 0.2) is 42.5 Å². The molecule has 47 heavy (non-hydrogen) atoms. The molecule has 262 valence electrons. The van der Waals surface area contributed by atoms with Crippen LogP contribution in [0.2, 0.25) is 0 Å². The molecule has 0 bridgehead atoms. The van der Waals surface area contributed by atoms with Gasteiger partial charge in [0.15, 0.2) is 11.5 Å². The van der Waals surface area contributed by atoms with Crippen molar-refractivity contribution in [2.45, 2.75) is 77.7 Å². The van der Waals surface area contributed by atoms with Crippen molar-refractivity contribution in [1.29, 1.82) is 0 Å². The molecule has 0 saturated carbocycles. The minimum absolute atomic E-state index is 0.0339. The number of imide groups is 1. The smallest absolute Gasteiger partial charge is 0.407 e. The van der Waals surface area contributed by atoms with Gasteiger partial charge in [-0.05, 0) is 63.1 Å². The van der Waals surface area contributed by atoms with Crippen LogP contribution in [-0.4, -0.2) is 93.3 Å². The van der Waals surface area contributed by atoms with Crippen molar-refractivity contribution in [3.63, 3.8) is 0 Å². The monoisotopic (exact) mass is 659 g/mol. The maximum Gasteiger partial charge on any atom is 0.407 e. The first kappa shape index (κ1) is 39.3. The molecule has 1 unspecified atom stereocenters. The molecule has 0 fully saturated rings. The van der Waals surface area contributed by atoms with E-state index in [1.807, 2.05) is 30.3 Å². The van der Waals surface area contributed by atoms with Gasteiger partial charge in [0, 0.05) is 13.0 Å². The third-order valence-electron chi connectivity index (χ3n) is 7.65. The van der Waals surface area contributed by atoms with Crippen LogP contribution in [0.5, 0.6) is 17.2 Å². The summed E-state index contributed by atoms with van der Waals surface area (Å²) in [7, 11) is 5.93. The molecule has 0 saturated heterocycles. The number of rotatable bonds is 17. The van der Waals surface area contributed by atoms with Gasteiger partial charge in [-0.2, -0.15) is 0 Å². The molecule has 0 radical (unpaired) electrons. The first-order valence-corrected chi connectivity index (χ1v) is 15.8. The average Bonchev–Trinajstić information content (AvgIpc) is 3.02. The number of nitrogens with zero attached hydrogens (tertiary/aromatic N) is 1. The molecule has 12 heteroatoms. The van der Waals surface area contributed by atoms with Crippen molar-refractivity contribution in [2.24, 2.45) is 17.6 Å². The molecule has 2 aromatic carbocycles. The standard InChI is InChI=1S/C35H53N3O9/c1-22(2)29(36)33(41)38(17-18-43-6)32(40)25(20-24-15-16-28(44-7)31(46-9)30(24)45-8)21-27(39)26(19-23-13-11-10-12-14-23)37-34(42)47-35(3,4)5/h10-16,22,25-27,29,39H,17-21,36H2,1-9H3,(H,37,42)/t25-,26+,27+,29?/m1/s1. The normalized spacial score (nSPS) is 14.0. The molecule has 4 N–H and O–H groups in total. The minimum atomic E-state index is -1.24. The Labute approximate surface area is 278 Å². The number of aliphatic hydroxyl groups is 1. The van der Waals surface area contributed by atoms with Crippen LogP contribution in [0.4, 0.5) is 4.79 Å². The molecule has 0 aliphatic rings. The molecule has 0 aliphatic heterocycles. The van der Waals surface area contributed by atoms with Crippen LogP contribution in [-0.2, 0) is 31.9 Å². The molecule has 4 atom stereocenters. The highest BCUT2D eigenvalue weighted by molar-refractivity contribution is 5.99. The van der Waals surface area contributed by atoms with Crippen molar-refractivity contribution < 1.29 is 43.2 Å². The number of hydrogen-bond acceptors (Lipinski definition) is 10. The number of aliphatic hydroxyl groups excluding tert-OH is 1. The highest BCUT2D eigenvalue weighted by atomic mass is 16.6.